The first kappa shape index (κ1) is 20.8. The quantitative estimate of drug-likeness (QED) is 0.552. The Balaban J connectivity index is 1.50. The SMILES string of the molecule is CC(=O)NCc1ccc(-c2csc(NC(=O)CCOc3ccccc3Cl)n2)cc1. The second kappa shape index (κ2) is 10.0. The van der Waals surface area contributed by atoms with Crippen LogP contribution < -0.4 is 15.4 Å². The van der Waals surface area contributed by atoms with E-state index in [4.69, 9.17) is 16.3 Å². The summed E-state index contributed by atoms with van der Waals surface area (Å²) in [6.45, 7) is 2.20. The normalized spacial score (nSPS) is 10.4. The van der Waals surface area contributed by atoms with Gasteiger partial charge in [-0.2, -0.15) is 0 Å². The van der Waals surface area contributed by atoms with Crippen molar-refractivity contribution in [1.82, 2.24) is 10.3 Å². The molecule has 0 spiro atoms. The summed E-state index contributed by atoms with van der Waals surface area (Å²) in [6, 6.07) is 14.9. The number of anilines is 1. The zero-order valence-electron chi connectivity index (χ0n) is 15.8. The molecule has 0 radical (unpaired) electrons. The maximum atomic E-state index is 12.1. The van der Waals surface area contributed by atoms with E-state index in [0.717, 1.165) is 16.8 Å². The average molecular weight is 430 g/mol. The van der Waals surface area contributed by atoms with Crippen LogP contribution >= 0.6 is 22.9 Å². The molecule has 2 amide bonds. The number of para-hydroxylation sites is 1. The molecular weight excluding hydrogens is 410 g/mol. The van der Waals surface area contributed by atoms with Crippen molar-refractivity contribution in [2.75, 3.05) is 11.9 Å². The fourth-order valence-electron chi connectivity index (χ4n) is 2.48. The number of carbonyl (C=O) groups excluding carboxylic acids is 2. The zero-order chi connectivity index (χ0) is 20.6. The highest BCUT2D eigenvalue weighted by Crippen LogP contribution is 2.26. The Morgan fingerprint density at radius 3 is 2.62 bits per heavy atom. The van der Waals surface area contributed by atoms with Gasteiger partial charge in [0, 0.05) is 24.4 Å². The number of hydrogen-bond donors (Lipinski definition) is 2. The fraction of sp³-hybridized carbons (Fsp3) is 0.190. The summed E-state index contributed by atoms with van der Waals surface area (Å²) in [5.74, 6) is 0.315. The highest BCUT2D eigenvalue weighted by molar-refractivity contribution is 7.14. The Hall–Kier alpha value is -2.90. The molecule has 0 atom stereocenters. The van der Waals surface area contributed by atoms with E-state index in [2.05, 4.69) is 15.6 Å². The molecule has 0 aliphatic carbocycles. The van der Waals surface area contributed by atoms with Gasteiger partial charge < -0.3 is 15.4 Å². The molecule has 0 aliphatic rings. The molecule has 1 aromatic heterocycles. The summed E-state index contributed by atoms with van der Waals surface area (Å²) in [4.78, 5) is 27.6. The summed E-state index contributed by atoms with van der Waals surface area (Å²) in [6.07, 6.45) is 0.192. The van der Waals surface area contributed by atoms with Crippen molar-refractivity contribution in [1.29, 1.82) is 0 Å². The van der Waals surface area contributed by atoms with Crippen molar-refractivity contribution in [2.24, 2.45) is 0 Å². The molecule has 0 unspecified atom stereocenters. The van der Waals surface area contributed by atoms with E-state index in [-0.39, 0.29) is 24.8 Å². The second-order valence-electron chi connectivity index (χ2n) is 6.22. The van der Waals surface area contributed by atoms with Crippen LogP contribution in [-0.2, 0) is 16.1 Å². The Kier molecular flexibility index (Phi) is 7.21. The van der Waals surface area contributed by atoms with Gasteiger partial charge in [0.1, 0.15) is 5.75 Å². The highest BCUT2D eigenvalue weighted by Gasteiger charge is 2.09. The van der Waals surface area contributed by atoms with Gasteiger partial charge in [0.15, 0.2) is 5.13 Å². The van der Waals surface area contributed by atoms with Gasteiger partial charge in [0.05, 0.1) is 23.7 Å². The third-order valence-corrected chi connectivity index (χ3v) is 5.04. The maximum Gasteiger partial charge on any atom is 0.229 e. The van der Waals surface area contributed by atoms with E-state index in [1.807, 2.05) is 41.8 Å². The summed E-state index contributed by atoms with van der Waals surface area (Å²) in [7, 11) is 0. The first-order valence-corrected chi connectivity index (χ1v) is 10.2. The van der Waals surface area contributed by atoms with E-state index in [9.17, 15) is 9.59 Å². The van der Waals surface area contributed by atoms with Crippen molar-refractivity contribution >= 4 is 39.9 Å². The van der Waals surface area contributed by atoms with Crippen LogP contribution in [0.5, 0.6) is 5.75 Å². The molecule has 0 fully saturated rings. The number of halogens is 1. The monoisotopic (exact) mass is 429 g/mol. The highest BCUT2D eigenvalue weighted by atomic mass is 35.5. The third-order valence-electron chi connectivity index (χ3n) is 3.97. The first-order valence-electron chi connectivity index (χ1n) is 8.98. The molecule has 2 aromatic carbocycles. The van der Waals surface area contributed by atoms with Gasteiger partial charge in [-0.3, -0.25) is 9.59 Å². The Morgan fingerprint density at radius 2 is 1.90 bits per heavy atom. The largest absolute Gasteiger partial charge is 0.491 e. The van der Waals surface area contributed by atoms with Gasteiger partial charge in [-0.25, -0.2) is 4.98 Å². The Labute approximate surface area is 177 Å². The molecule has 150 valence electrons. The molecule has 8 heteroatoms. The van der Waals surface area contributed by atoms with E-state index in [0.29, 0.717) is 22.4 Å². The number of rotatable bonds is 8. The minimum Gasteiger partial charge on any atom is -0.491 e. The maximum absolute atomic E-state index is 12.1. The smallest absolute Gasteiger partial charge is 0.229 e. The van der Waals surface area contributed by atoms with E-state index in [1.54, 1.807) is 12.1 Å². The van der Waals surface area contributed by atoms with Crippen LogP contribution in [0.1, 0.15) is 18.9 Å². The molecule has 1 heterocycles. The lowest BCUT2D eigenvalue weighted by Gasteiger charge is -2.07. The van der Waals surface area contributed by atoms with Gasteiger partial charge in [0.2, 0.25) is 11.8 Å². The van der Waals surface area contributed by atoms with Gasteiger partial charge in [-0.1, -0.05) is 48.0 Å². The van der Waals surface area contributed by atoms with Crippen LogP contribution in [0.3, 0.4) is 0 Å². The van der Waals surface area contributed by atoms with Crippen LogP contribution in [0.2, 0.25) is 5.02 Å². The fourth-order valence-corrected chi connectivity index (χ4v) is 3.41. The number of aromatic nitrogens is 1. The summed E-state index contributed by atoms with van der Waals surface area (Å²) in [5.41, 5.74) is 2.73. The lowest BCUT2D eigenvalue weighted by molar-refractivity contribution is -0.119. The third kappa shape index (κ3) is 6.30. The Morgan fingerprint density at radius 1 is 1.14 bits per heavy atom. The van der Waals surface area contributed by atoms with Crippen LogP contribution in [0.15, 0.2) is 53.9 Å². The molecule has 0 aliphatic heterocycles. The summed E-state index contributed by atoms with van der Waals surface area (Å²) < 4.78 is 5.53. The van der Waals surface area contributed by atoms with Crippen molar-refractivity contribution in [3.05, 3.63) is 64.5 Å². The first-order chi connectivity index (χ1) is 14.0. The van der Waals surface area contributed by atoms with Gasteiger partial charge in [-0.05, 0) is 17.7 Å². The Bertz CT molecular complexity index is 989. The van der Waals surface area contributed by atoms with Gasteiger partial charge >= 0.3 is 0 Å². The number of benzene rings is 2. The second-order valence-corrected chi connectivity index (χ2v) is 7.49. The average Bonchev–Trinajstić information content (AvgIpc) is 3.16. The van der Waals surface area contributed by atoms with Crippen LogP contribution in [0, 0.1) is 0 Å². The standard InChI is InChI=1S/C21H20ClN3O3S/c1-14(26)23-12-15-6-8-16(9-7-15)18-13-29-21(24-18)25-20(27)10-11-28-19-5-3-2-4-17(19)22/h2-9,13H,10-12H2,1H3,(H,23,26)(H,24,25,27). The minimum absolute atomic E-state index is 0.0637. The van der Waals surface area contributed by atoms with Crippen LogP contribution in [0.4, 0.5) is 5.13 Å². The summed E-state index contributed by atoms with van der Waals surface area (Å²) >= 11 is 7.38. The van der Waals surface area contributed by atoms with E-state index >= 15 is 0 Å². The lowest BCUT2D eigenvalue weighted by Crippen LogP contribution is -2.18. The van der Waals surface area contributed by atoms with Crippen molar-refractivity contribution in [3.63, 3.8) is 0 Å². The van der Waals surface area contributed by atoms with E-state index in [1.165, 1.54) is 18.3 Å². The number of thiazole rings is 1. The van der Waals surface area contributed by atoms with E-state index < -0.39 is 0 Å². The molecule has 3 rings (SSSR count). The number of amides is 2. The number of ether oxygens (including phenoxy) is 1. The summed E-state index contributed by atoms with van der Waals surface area (Å²) in [5, 5.41) is 8.48. The molecule has 3 aromatic rings. The predicted octanol–water partition coefficient (Wildman–Crippen LogP) is 4.51. The minimum atomic E-state index is -0.177. The van der Waals surface area contributed by atoms with Crippen molar-refractivity contribution < 1.29 is 14.3 Å². The van der Waals surface area contributed by atoms with Crippen molar-refractivity contribution in [2.45, 2.75) is 19.9 Å². The lowest BCUT2D eigenvalue weighted by atomic mass is 10.1. The van der Waals surface area contributed by atoms with Crippen molar-refractivity contribution in [3.8, 4) is 17.0 Å². The number of hydrogen-bond acceptors (Lipinski definition) is 5. The topological polar surface area (TPSA) is 80.3 Å². The number of nitrogens with zero attached hydrogens (tertiary/aromatic N) is 1. The number of nitrogens with one attached hydrogen (secondary N) is 2. The van der Waals surface area contributed by atoms with Crippen LogP contribution in [-0.4, -0.2) is 23.4 Å². The molecule has 29 heavy (non-hydrogen) atoms. The molecule has 0 saturated carbocycles. The molecular formula is C21H20ClN3O3S. The van der Waals surface area contributed by atoms with Gasteiger partial charge in [-0.15, -0.1) is 11.3 Å². The molecule has 0 saturated heterocycles. The zero-order valence-corrected chi connectivity index (χ0v) is 17.3. The molecule has 0 bridgehead atoms. The molecule has 2 N–H and O–H groups in total. The number of carbonyl (C=O) groups is 2. The van der Waals surface area contributed by atoms with Gasteiger partial charge in [0.25, 0.3) is 0 Å². The molecule has 6 nitrogen and oxygen atoms in total. The predicted molar refractivity (Wildman–Crippen MR) is 115 cm³/mol. The van der Waals surface area contributed by atoms with Crippen LogP contribution in [0.25, 0.3) is 11.3 Å².